The van der Waals surface area contributed by atoms with Crippen molar-refractivity contribution in [2.24, 2.45) is 0 Å². The Balaban J connectivity index is 2.83. The highest BCUT2D eigenvalue weighted by atomic mass is 32.1. The predicted octanol–water partition coefficient (Wildman–Crippen LogP) is 1.25. The standard InChI is InChI=1S/C9H10N2O5S/c1-9(2,8(13)14)10-7(12)5-3-4-6(17-5)11(15)16/h3-4H,1-2H3,(H,10,12)(H,13,14). The molecule has 0 saturated heterocycles. The number of amides is 1. The van der Waals surface area contributed by atoms with Crippen molar-refractivity contribution in [3.8, 4) is 0 Å². The van der Waals surface area contributed by atoms with E-state index in [0.717, 1.165) is 0 Å². The van der Waals surface area contributed by atoms with Crippen LogP contribution in [0.5, 0.6) is 0 Å². The molecule has 0 atom stereocenters. The number of carbonyl (C=O) groups excluding carboxylic acids is 1. The molecule has 1 heterocycles. The van der Waals surface area contributed by atoms with Crippen molar-refractivity contribution >= 4 is 28.2 Å². The van der Waals surface area contributed by atoms with Gasteiger partial charge in [0.1, 0.15) is 5.54 Å². The maximum Gasteiger partial charge on any atom is 0.328 e. The van der Waals surface area contributed by atoms with Crippen LogP contribution in [0.1, 0.15) is 23.5 Å². The molecular formula is C9H10N2O5S. The van der Waals surface area contributed by atoms with E-state index in [0.29, 0.717) is 11.3 Å². The number of nitrogens with one attached hydrogen (secondary N) is 1. The first-order valence-corrected chi connectivity index (χ1v) is 5.36. The van der Waals surface area contributed by atoms with Gasteiger partial charge in [-0.15, -0.1) is 0 Å². The predicted molar refractivity (Wildman–Crippen MR) is 60.2 cm³/mol. The van der Waals surface area contributed by atoms with E-state index in [1.807, 2.05) is 0 Å². The number of rotatable bonds is 4. The van der Waals surface area contributed by atoms with Gasteiger partial charge in [-0.25, -0.2) is 4.79 Å². The maximum atomic E-state index is 11.6. The summed E-state index contributed by atoms with van der Waals surface area (Å²) in [5.74, 6) is -1.83. The first kappa shape index (κ1) is 13.1. The summed E-state index contributed by atoms with van der Waals surface area (Å²) in [5, 5.41) is 21.3. The van der Waals surface area contributed by atoms with E-state index in [2.05, 4.69) is 5.32 Å². The fraction of sp³-hybridized carbons (Fsp3) is 0.333. The maximum absolute atomic E-state index is 11.6. The smallest absolute Gasteiger partial charge is 0.328 e. The molecule has 7 nitrogen and oxygen atoms in total. The molecular weight excluding hydrogens is 248 g/mol. The van der Waals surface area contributed by atoms with Gasteiger partial charge in [0, 0.05) is 6.07 Å². The van der Waals surface area contributed by atoms with Gasteiger partial charge in [0.2, 0.25) is 0 Å². The van der Waals surface area contributed by atoms with Crippen molar-refractivity contribution in [3.63, 3.8) is 0 Å². The lowest BCUT2D eigenvalue weighted by atomic mass is 10.1. The van der Waals surface area contributed by atoms with Crippen LogP contribution in [0.2, 0.25) is 0 Å². The fourth-order valence-corrected chi connectivity index (χ4v) is 1.66. The largest absolute Gasteiger partial charge is 0.480 e. The number of hydrogen-bond donors (Lipinski definition) is 2. The summed E-state index contributed by atoms with van der Waals surface area (Å²) in [6.45, 7) is 2.66. The molecule has 0 fully saturated rings. The summed E-state index contributed by atoms with van der Waals surface area (Å²) in [7, 11) is 0. The van der Waals surface area contributed by atoms with Crippen LogP contribution < -0.4 is 5.32 Å². The Labute approximate surface area is 100 Å². The lowest BCUT2D eigenvalue weighted by Crippen LogP contribution is -2.49. The highest BCUT2D eigenvalue weighted by Gasteiger charge is 2.30. The second-order valence-electron chi connectivity index (χ2n) is 3.78. The third kappa shape index (κ3) is 3.00. The van der Waals surface area contributed by atoms with Gasteiger partial charge >= 0.3 is 11.0 Å². The topological polar surface area (TPSA) is 110 Å². The number of nitrogens with zero attached hydrogens (tertiary/aromatic N) is 1. The first-order chi connectivity index (χ1) is 7.74. The number of carboxylic acid groups (broad SMARTS) is 1. The van der Waals surface area contributed by atoms with Crippen LogP contribution in [0, 0.1) is 10.1 Å². The zero-order valence-corrected chi connectivity index (χ0v) is 9.91. The number of carbonyl (C=O) groups is 2. The van der Waals surface area contributed by atoms with E-state index in [1.165, 1.54) is 26.0 Å². The minimum Gasteiger partial charge on any atom is -0.480 e. The number of aliphatic carboxylic acids is 1. The van der Waals surface area contributed by atoms with Crippen molar-refractivity contribution in [1.82, 2.24) is 5.32 Å². The zero-order valence-electron chi connectivity index (χ0n) is 9.09. The van der Waals surface area contributed by atoms with Gasteiger partial charge in [0.15, 0.2) is 0 Å². The quantitative estimate of drug-likeness (QED) is 0.623. The van der Waals surface area contributed by atoms with Crippen LogP contribution in [0.25, 0.3) is 0 Å². The second-order valence-corrected chi connectivity index (χ2v) is 4.84. The number of nitro groups is 1. The third-order valence-electron chi connectivity index (χ3n) is 1.96. The van der Waals surface area contributed by atoms with Crippen molar-refractivity contribution in [1.29, 1.82) is 0 Å². The molecule has 1 rings (SSSR count). The number of carboxylic acids is 1. The van der Waals surface area contributed by atoms with E-state index < -0.39 is 22.3 Å². The molecule has 0 aliphatic carbocycles. The summed E-state index contributed by atoms with van der Waals surface area (Å²) in [6.07, 6.45) is 0. The minimum absolute atomic E-state index is 0.103. The number of thiophene rings is 1. The van der Waals surface area contributed by atoms with Crippen molar-refractivity contribution < 1.29 is 19.6 Å². The fourth-order valence-electron chi connectivity index (χ4n) is 0.947. The molecule has 17 heavy (non-hydrogen) atoms. The van der Waals surface area contributed by atoms with E-state index in [-0.39, 0.29) is 9.88 Å². The molecule has 1 aromatic rings. The van der Waals surface area contributed by atoms with Crippen LogP contribution in [0.3, 0.4) is 0 Å². The third-order valence-corrected chi connectivity index (χ3v) is 2.99. The molecule has 0 aromatic carbocycles. The summed E-state index contributed by atoms with van der Waals surface area (Å²) in [5.41, 5.74) is -1.42. The molecule has 8 heteroatoms. The van der Waals surface area contributed by atoms with Crippen LogP contribution in [0.4, 0.5) is 5.00 Å². The molecule has 1 aromatic heterocycles. The normalized spacial score (nSPS) is 10.9. The monoisotopic (exact) mass is 258 g/mol. The molecule has 0 aliphatic heterocycles. The van der Waals surface area contributed by atoms with Crippen LogP contribution in [-0.4, -0.2) is 27.4 Å². The second kappa shape index (κ2) is 4.50. The lowest BCUT2D eigenvalue weighted by molar-refractivity contribution is -0.380. The molecule has 2 N–H and O–H groups in total. The molecule has 0 unspecified atom stereocenters. The molecule has 0 spiro atoms. The van der Waals surface area contributed by atoms with Gasteiger partial charge in [-0.1, -0.05) is 11.3 Å². The Morgan fingerprint density at radius 3 is 2.47 bits per heavy atom. The molecule has 0 bridgehead atoms. The van der Waals surface area contributed by atoms with Gasteiger partial charge in [0.05, 0.1) is 9.80 Å². The molecule has 1 amide bonds. The Morgan fingerprint density at radius 2 is 2.06 bits per heavy atom. The Morgan fingerprint density at radius 1 is 1.47 bits per heavy atom. The average Bonchev–Trinajstić information content (AvgIpc) is 2.65. The summed E-state index contributed by atoms with van der Waals surface area (Å²) >= 11 is 0.697. The van der Waals surface area contributed by atoms with E-state index in [9.17, 15) is 19.7 Å². The average molecular weight is 258 g/mol. The molecule has 0 radical (unpaired) electrons. The van der Waals surface area contributed by atoms with Gasteiger partial charge in [-0.3, -0.25) is 14.9 Å². The lowest BCUT2D eigenvalue weighted by Gasteiger charge is -2.20. The minimum atomic E-state index is -1.42. The Kier molecular flexibility index (Phi) is 3.47. The van der Waals surface area contributed by atoms with Gasteiger partial charge in [0.25, 0.3) is 5.91 Å². The van der Waals surface area contributed by atoms with Gasteiger partial charge in [-0.2, -0.15) is 0 Å². The Hall–Kier alpha value is -1.96. The number of hydrogen-bond acceptors (Lipinski definition) is 5. The summed E-state index contributed by atoms with van der Waals surface area (Å²) in [6, 6.07) is 2.49. The van der Waals surface area contributed by atoms with Crippen LogP contribution in [-0.2, 0) is 4.79 Å². The van der Waals surface area contributed by atoms with E-state index in [4.69, 9.17) is 5.11 Å². The summed E-state index contributed by atoms with van der Waals surface area (Å²) < 4.78 is 0. The van der Waals surface area contributed by atoms with Crippen molar-refractivity contribution in [2.45, 2.75) is 19.4 Å². The van der Waals surface area contributed by atoms with E-state index >= 15 is 0 Å². The van der Waals surface area contributed by atoms with Crippen LogP contribution >= 0.6 is 11.3 Å². The van der Waals surface area contributed by atoms with Gasteiger partial charge in [-0.05, 0) is 19.9 Å². The van der Waals surface area contributed by atoms with Gasteiger partial charge < -0.3 is 10.4 Å². The van der Waals surface area contributed by atoms with Crippen molar-refractivity contribution in [2.75, 3.05) is 0 Å². The molecule has 0 aliphatic rings. The highest BCUT2D eigenvalue weighted by Crippen LogP contribution is 2.24. The highest BCUT2D eigenvalue weighted by molar-refractivity contribution is 7.17. The summed E-state index contributed by atoms with van der Waals surface area (Å²) in [4.78, 5) is 32.3. The van der Waals surface area contributed by atoms with Crippen molar-refractivity contribution in [3.05, 3.63) is 27.1 Å². The molecule has 0 saturated carbocycles. The Bertz CT molecular complexity index is 479. The first-order valence-electron chi connectivity index (χ1n) is 4.54. The van der Waals surface area contributed by atoms with E-state index in [1.54, 1.807) is 0 Å². The van der Waals surface area contributed by atoms with Crippen LogP contribution in [0.15, 0.2) is 12.1 Å². The zero-order chi connectivity index (χ0) is 13.2. The SMILES string of the molecule is CC(C)(NC(=O)c1ccc([N+](=O)[O-])s1)C(=O)O. The molecule has 92 valence electrons.